The first-order chi connectivity index (χ1) is 8.81. The van der Waals surface area contributed by atoms with Crippen LogP contribution in [0.5, 0.6) is 5.75 Å². The normalized spacial score (nSPS) is 10.3. The molecule has 0 unspecified atom stereocenters. The molecule has 0 radical (unpaired) electrons. The molecule has 7 nitrogen and oxygen atoms in total. The molecule has 0 saturated heterocycles. The van der Waals surface area contributed by atoms with Crippen molar-refractivity contribution in [3.8, 4) is 5.75 Å². The number of anilines is 1. The fraction of sp³-hybridized carbons (Fsp3) is 0.417. The highest BCUT2D eigenvalue weighted by atomic mass is 16.6. The van der Waals surface area contributed by atoms with Gasteiger partial charge in [0.15, 0.2) is 5.75 Å². The second-order valence-corrected chi connectivity index (χ2v) is 4.33. The van der Waals surface area contributed by atoms with Gasteiger partial charge in [0.1, 0.15) is 6.54 Å². The highest BCUT2D eigenvalue weighted by Gasteiger charge is 2.18. The maximum Gasteiger partial charge on any atom is 0.323 e. The van der Waals surface area contributed by atoms with Crippen molar-refractivity contribution in [3.05, 3.63) is 28.3 Å². The standard InChI is InChI=1S/C12H16N2O5/c1-8(2)19-11-6-9(13(3)7-12(15)16)4-5-10(11)14(17)18/h4-6,8H,7H2,1-3H3,(H,15,16). The van der Waals surface area contributed by atoms with Crippen LogP contribution in [-0.4, -0.2) is 35.7 Å². The molecule has 19 heavy (non-hydrogen) atoms. The molecule has 0 atom stereocenters. The number of nitro benzene ring substituents is 1. The number of nitro groups is 1. The lowest BCUT2D eigenvalue weighted by molar-refractivity contribution is -0.386. The van der Waals surface area contributed by atoms with Crippen LogP contribution in [0.4, 0.5) is 11.4 Å². The Balaban J connectivity index is 3.10. The van der Waals surface area contributed by atoms with Gasteiger partial charge in [0.25, 0.3) is 0 Å². The quantitative estimate of drug-likeness (QED) is 0.625. The monoisotopic (exact) mass is 268 g/mol. The molecule has 1 rings (SSSR count). The predicted molar refractivity (Wildman–Crippen MR) is 69.8 cm³/mol. The van der Waals surface area contributed by atoms with Crippen LogP contribution in [0.15, 0.2) is 18.2 Å². The number of likely N-dealkylation sites (N-methyl/N-ethyl adjacent to an activating group) is 1. The van der Waals surface area contributed by atoms with Gasteiger partial charge in [-0.1, -0.05) is 0 Å². The summed E-state index contributed by atoms with van der Waals surface area (Å²) in [5, 5.41) is 19.6. The Morgan fingerprint density at radius 2 is 2.16 bits per heavy atom. The Morgan fingerprint density at radius 1 is 1.53 bits per heavy atom. The second-order valence-electron chi connectivity index (χ2n) is 4.33. The van der Waals surface area contributed by atoms with Gasteiger partial charge in [-0.25, -0.2) is 0 Å². The lowest BCUT2D eigenvalue weighted by Crippen LogP contribution is -2.25. The van der Waals surface area contributed by atoms with Crippen LogP contribution >= 0.6 is 0 Å². The first kappa shape index (κ1) is 14.7. The van der Waals surface area contributed by atoms with Gasteiger partial charge in [-0.3, -0.25) is 14.9 Å². The van der Waals surface area contributed by atoms with Gasteiger partial charge in [0.2, 0.25) is 0 Å². The Labute approximate surface area is 110 Å². The fourth-order valence-corrected chi connectivity index (χ4v) is 1.53. The highest BCUT2D eigenvalue weighted by molar-refractivity contribution is 5.74. The van der Waals surface area contributed by atoms with Crippen LogP contribution < -0.4 is 9.64 Å². The summed E-state index contributed by atoms with van der Waals surface area (Å²) in [7, 11) is 1.59. The number of rotatable bonds is 6. The number of carbonyl (C=O) groups is 1. The van der Waals surface area contributed by atoms with Crippen molar-refractivity contribution in [2.24, 2.45) is 0 Å². The maximum atomic E-state index is 10.9. The summed E-state index contributed by atoms with van der Waals surface area (Å²) in [6.07, 6.45) is -0.210. The van der Waals surface area contributed by atoms with Crippen LogP contribution in [0.1, 0.15) is 13.8 Å². The largest absolute Gasteiger partial charge is 0.484 e. The van der Waals surface area contributed by atoms with Crippen LogP contribution in [0.3, 0.4) is 0 Å². The van der Waals surface area contributed by atoms with E-state index in [9.17, 15) is 14.9 Å². The number of hydrogen-bond donors (Lipinski definition) is 1. The van der Waals surface area contributed by atoms with Gasteiger partial charge in [-0.05, 0) is 19.9 Å². The Kier molecular flexibility index (Phi) is 4.68. The van der Waals surface area contributed by atoms with Crippen LogP contribution in [-0.2, 0) is 4.79 Å². The molecule has 104 valence electrons. The summed E-state index contributed by atoms with van der Waals surface area (Å²) in [5.74, 6) is -0.845. The van der Waals surface area contributed by atoms with E-state index in [1.165, 1.54) is 23.1 Å². The smallest absolute Gasteiger partial charge is 0.323 e. The molecular formula is C12H16N2O5. The third kappa shape index (κ3) is 4.13. The van der Waals surface area contributed by atoms with Crippen molar-refractivity contribution in [2.45, 2.75) is 20.0 Å². The fourth-order valence-electron chi connectivity index (χ4n) is 1.53. The topological polar surface area (TPSA) is 92.9 Å². The van der Waals surface area contributed by atoms with Crippen molar-refractivity contribution in [3.63, 3.8) is 0 Å². The van der Waals surface area contributed by atoms with Gasteiger partial charge in [0, 0.05) is 24.9 Å². The minimum absolute atomic E-state index is 0.134. The van der Waals surface area contributed by atoms with E-state index in [1.54, 1.807) is 20.9 Å². The Bertz CT molecular complexity index is 487. The molecule has 0 bridgehead atoms. The zero-order chi connectivity index (χ0) is 14.6. The van der Waals surface area contributed by atoms with Crippen LogP contribution in [0.2, 0.25) is 0 Å². The van der Waals surface area contributed by atoms with Crippen molar-refractivity contribution in [2.75, 3.05) is 18.5 Å². The van der Waals surface area contributed by atoms with Crippen molar-refractivity contribution in [1.82, 2.24) is 0 Å². The third-order valence-electron chi connectivity index (χ3n) is 2.32. The van der Waals surface area contributed by atoms with Crippen LogP contribution in [0, 0.1) is 10.1 Å². The first-order valence-electron chi connectivity index (χ1n) is 5.69. The molecule has 1 N–H and O–H groups in total. The summed E-state index contributed by atoms with van der Waals surface area (Å²) in [5.41, 5.74) is 0.407. The highest BCUT2D eigenvalue weighted by Crippen LogP contribution is 2.32. The average molecular weight is 268 g/mol. The molecule has 0 saturated carbocycles. The van der Waals surface area contributed by atoms with E-state index in [4.69, 9.17) is 9.84 Å². The number of carboxylic acids is 1. The van der Waals surface area contributed by atoms with E-state index in [0.29, 0.717) is 5.69 Å². The summed E-state index contributed by atoms with van der Waals surface area (Å²) < 4.78 is 5.39. The van der Waals surface area contributed by atoms with Crippen molar-refractivity contribution in [1.29, 1.82) is 0 Å². The zero-order valence-electron chi connectivity index (χ0n) is 11.0. The van der Waals surface area contributed by atoms with Gasteiger partial charge >= 0.3 is 11.7 Å². The number of benzene rings is 1. The molecule has 0 amide bonds. The number of nitrogens with zero attached hydrogens (tertiary/aromatic N) is 2. The Morgan fingerprint density at radius 3 is 2.63 bits per heavy atom. The minimum Gasteiger partial charge on any atom is -0.484 e. The molecule has 0 aliphatic carbocycles. The zero-order valence-corrected chi connectivity index (χ0v) is 11.0. The minimum atomic E-state index is -0.979. The molecule has 0 aliphatic rings. The molecule has 0 aromatic heterocycles. The summed E-state index contributed by atoms with van der Waals surface area (Å²) in [4.78, 5) is 22.5. The van der Waals surface area contributed by atoms with Crippen molar-refractivity contribution < 1.29 is 19.6 Å². The second kappa shape index (κ2) is 6.03. The SMILES string of the molecule is CC(C)Oc1cc(N(C)CC(=O)O)ccc1[N+](=O)[O-]. The molecule has 0 heterocycles. The first-order valence-corrected chi connectivity index (χ1v) is 5.69. The lowest BCUT2D eigenvalue weighted by Gasteiger charge is -2.18. The molecule has 1 aromatic rings. The molecule has 0 fully saturated rings. The van der Waals surface area contributed by atoms with E-state index < -0.39 is 10.9 Å². The lowest BCUT2D eigenvalue weighted by atomic mass is 10.2. The summed E-state index contributed by atoms with van der Waals surface area (Å²) >= 11 is 0. The van der Waals surface area contributed by atoms with E-state index in [-0.39, 0.29) is 24.1 Å². The van der Waals surface area contributed by atoms with Crippen molar-refractivity contribution >= 4 is 17.3 Å². The predicted octanol–water partition coefficient (Wildman–Crippen LogP) is 1.90. The van der Waals surface area contributed by atoms with E-state index in [1.807, 2.05) is 0 Å². The number of carboxylic acid groups (broad SMARTS) is 1. The van der Waals surface area contributed by atoms with Gasteiger partial charge in [0.05, 0.1) is 11.0 Å². The van der Waals surface area contributed by atoms with Gasteiger partial charge in [-0.2, -0.15) is 0 Å². The number of hydrogen-bond acceptors (Lipinski definition) is 5. The summed E-state index contributed by atoms with van der Waals surface area (Å²) in [6.45, 7) is 3.33. The van der Waals surface area contributed by atoms with E-state index in [2.05, 4.69) is 0 Å². The van der Waals surface area contributed by atoms with Gasteiger partial charge in [-0.15, -0.1) is 0 Å². The molecule has 0 aliphatic heterocycles. The average Bonchev–Trinajstić information content (AvgIpc) is 2.26. The molecule has 7 heteroatoms. The summed E-state index contributed by atoms with van der Waals surface area (Å²) in [6, 6.07) is 4.28. The number of ether oxygens (including phenoxy) is 1. The third-order valence-corrected chi connectivity index (χ3v) is 2.32. The molecule has 1 aromatic carbocycles. The van der Waals surface area contributed by atoms with E-state index in [0.717, 1.165) is 0 Å². The van der Waals surface area contributed by atoms with E-state index >= 15 is 0 Å². The number of aliphatic carboxylic acids is 1. The van der Waals surface area contributed by atoms with Gasteiger partial charge < -0.3 is 14.7 Å². The molecule has 0 spiro atoms. The van der Waals surface area contributed by atoms with Crippen LogP contribution in [0.25, 0.3) is 0 Å². The maximum absolute atomic E-state index is 10.9. The Hall–Kier alpha value is -2.31. The molecular weight excluding hydrogens is 252 g/mol.